The SMILES string of the molecule is C=CC(=O)NCCOCCOCCOCCNCC[C@H]1C[C@H](Cc2cc(OC)ccc2F)CN1C. The molecule has 198 valence electrons. The lowest BCUT2D eigenvalue weighted by atomic mass is 9.95. The van der Waals surface area contributed by atoms with Gasteiger partial charge in [-0.25, -0.2) is 4.39 Å². The first-order valence-corrected chi connectivity index (χ1v) is 12.4. The van der Waals surface area contributed by atoms with Crippen LogP contribution in [0.25, 0.3) is 0 Å². The molecule has 0 aromatic heterocycles. The molecule has 35 heavy (non-hydrogen) atoms. The summed E-state index contributed by atoms with van der Waals surface area (Å²) in [5.74, 6) is 0.815. The Morgan fingerprint density at radius 3 is 2.49 bits per heavy atom. The van der Waals surface area contributed by atoms with E-state index in [0.29, 0.717) is 63.9 Å². The van der Waals surface area contributed by atoms with Gasteiger partial charge in [-0.1, -0.05) is 6.58 Å². The van der Waals surface area contributed by atoms with Gasteiger partial charge in [0.25, 0.3) is 0 Å². The Bertz CT molecular complexity index is 752. The number of hydrogen-bond donors (Lipinski definition) is 2. The van der Waals surface area contributed by atoms with Crippen LogP contribution >= 0.6 is 0 Å². The number of carbonyl (C=O) groups is 1. The quantitative estimate of drug-likeness (QED) is 0.225. The highest BCUT2D eigenvalue weighted by Gasteiger charge is 2.29. The Balaban J connectivity index is 1.42. The predicted molar refractivity (Wildman–Crippen MR) is 134 cm³/mol. The standard InChI is InChI=1S/C26H42FN3O5/c1-4-26(31)29-10-12-34-14-16-35-15-13-33-11-9-28-8-7-23-18-21(20-30(23)2)17-22-19-24(32-3)5-6-25(22)27/h4-6,19,21,23,28H,1,7-18,20H2,2-3H3,(H,29,31)/t21-,23-/m0/s1. The van der Waals surface area contributed by atoms with Crippen LogP contribution in [-0.4, -0.2) is 96.8 Å². The summed E-state index contributed by atoms with van der Waals surface area (Å²) in [4.78, 5) is 13.3. The zero-order valence-electron chi connectivity index (χ0n) is 21.2. The van der Waals surface area contributed by atoms with Crippen molar-refractivity contribution in [1.29, 1.82) is 0 Å². The first kappa shape index (κ1) is 29.2. The summed E-state index contributed by atoms with van der Waals surface area (Å²) >= 11 is 0. The predicted octanol–water partition coefficient (Wildman–Crippen LogP) is 2.03. The summed E-state index contributed by atoms with van der Waals surface area (Å²) in [6.07, 6.45) is 4.12. The van der Waals surface area contributed by atoms with Gasteiger partial charge in [-0.05, 0) is 68.6 Å². The van der Waals surface area contributed by atoms with Gasteiger partial charge in [-0.15, -0.1) is 0 Å². The first-order valence-electron chi connectivity index (χ1n) is 12.4. The molecule has 8 nitrogen and oxygen atoms in total. The van der Waals surface area contributed by atoms with E-state index >= 15 is 0 Å². The van der Waals surface area contributed by atoms with Crippen molar-refractivity contribution in [3.8, 4) is 5.75 Å². The van der Waals surface area contributed by atoms with Crippen LogP contribution in [0.15, 0.2) is 30.9 Å². The van der Waals surface area contributed by atoms with E-state index in [9.17, 15) is 9.18 Å². The average molecular weight is 496 g/mol. The van der Waals surface area contributed by atoms with E-state index in [0.717, 1.165) is 44.5 Å². The van der Waals surface area contributed by atoms with Gasteiger partial charge < -0.3 is 34.5 Å². The minimum atomic E-state index is -0.200. The molecule has 2 N–H and O–H groups in total. The van der Waals surface area contributed by atoms with Crippen LogP contribution in [0.1, 0.15) is 18.4 Å². The normalized spacial score (nSPS) is 18.0. The first-order chi connectivity index (χ1) is 17.0. The fourth-order valence-corrected chi connectivity index (χ4v) is 4.23. The number of benzene rings is 1. The summed E-state index contributed by atoms with van der Waals surface area (Å²) in [5.41, 5.74) is 0.740. The second-order valence-electron chi connectivity index (χ2n) is 8.73. The molecular weight excluding hydrogens is 453 g/mol. The van der Waals surface area contributed by atoms with Crippen molar-refractivity contribution in [2.24, 2.45) is 5.92 Å². The number of rotatable bonds is 19. The van der Waals surface area contributed by atoms with E-state index in [1.807, 2.05) is 6.07 Å². The van der Waals surface area contributed by atoms with Crippen molar-refractivity contribution in [2.45, 2.75) is 25.3 Å². The molecule has 1 aliphatic heterocycles. The van der Waals surface area contributed by atoms with Crippen LogP contribution in [-0.2, 0) is 25.4 Å². The summed E-state index contributed by atoms with van der Waals surface area (Å²) in [6.45, 7) is 9.70. The maximum atomic E-state index is 14.2. The molecule has 1 heterocycles. The van der Waals surface area contributed by atoms with Gasteiger partial charge in [-0.3, -0.25) is 4.79 Å². The van der Waals surface area contributed by atoms with Gasteiger partial charge in [0.2, 0.25) is 5.91 Å². The largest absolute Gasteiger partial charge is 0.497 e. The molecule has 0 bridgehead atoms. The third kappa shape index (κ3) is 12.0. The Hall–Kier alpha value is -2.04. The maximum Gasteiger partial charge on any atom is 0.243 e. The van der Waals surface area contributed by atoms with Crippen molar-refractivity contribution in [3.05, 3.63) is 42.2 Å². The number of halogens is 1. The van der Waals surface area contributed by atoms with E-state index in [4.69, 9.17) is 18.9 Å². The van der Waals surface area contributed by atoms with Crippen LogP contribution in [0.2, 0.25) is 0 Å². The van der Waals surface area contributed by atoms with Crippen molar-refractivity contribution in [3.63, 3.8) is 0 Å². The molecule has 1 amide bonds. The van der Waals surface area contributed by atoms with Gasteiger partial charge in [0.1, 0.15) is 11.6 Å². The Kier molecular flexibility index (Phi) is 14.5. The summed E-state index contributed by atoms with van der Waals surface area (Å²) < 4.78 is 35.8. The zero-order chi connectivity index (χ0) is 25.3. The van der Waals surface area contributed by atoms with Gasteiger partial charge >= 0.3 is 0 Å². The van der Waals surface area contributed by atoms with Crippen molar-refractivity contribution in [2.75, 3.05) is 80.0 Å². The molecule has 1 aromatic carbocycles. The number of nitrogens with zero attached hydrogens (tertiary/aromatic N) is 1. The summed E-state index contributed by atoms with van der Waals surface area (Å²) in [7, 11) is 3.76. The number of hydrogen-bond acceptors (Lipinski definition) is 7. The molecule has 0 aliphatic carbocycles. The molecule has 0 radical (unpaired) electrons. The minimum absolute atomic E-state index is 0.150. The molecule has 0 spiro atoms. The van der Waals surface area contributed by atoms with Crippen LogP contribution in [0.5, 0.6) is 5.75 Å². The Morgan fingerprint density at radius 1 is 1.11 bits per heavy atom. The van der Waals surface area contributed by atoms with E-state index in [-0.39, 0.29) is 11.7 Å². The number of likely N-dealkylation sites (tertiary alicyclic amines) is 1. The molecule has 2 rings (SSSR count). The van der Waals surface area contributed by atoms with Gasteiger partial charge in [0.05, 0.1) is 46.8 Å². The van der Waals surface area contributed by atoms with E-state index in [1.165, 1.54) is 12.1 Å². The molecule has 1 fully saturated rings. The molecule has 2 atom stereocenters. The fourth-order valence-electron chi connectivity index (χ4n) is 4.23. The smallest absolute Gasteiger partial charge is 0.243 e. The Labute approximate surface area is 209 Å². The molecule has 0 unspecified atom stereocenters. The molecule has 1 aromatic rings. The number of methoxy groups -OCH3 is 1. The number of ether oxygens (including phenoxy) is 4. The monoisotopic (exact) mass is 495 g/mol. The second-order valence-corrected chi connectivity index (χ2v) is 8.73. The lowest BCUT2D eigenvalue weighted by Crippen LogP contribution is -2.30. The van der Waals surface area contributed by atoms with Crippen LogP contribution in [0.3, 0.4) is 0 Å². The highest BCUT2D eigenvalue weighted by molar-refractivity contribution is 5.86. The topological polar surface area (TPSA) is 81.3 Å². The molecule has 9 heteroatoms. The highest BCUT2D eigenvalue weighted by atomic mass is 19.1. The minimum Gasteiger partial charge on any atom is -0.497 e. The number of amides is 1. The highest BCUT2D eigenvalue weighted by Crippen LogP contribution is 2.28. The van der Waals surface area contributed by atoms with Gasteiger partial charge in [0.15, 0.2) is 0 Å². The number of carbonyl (C=O) groups excluding carboxylic acids is 1. The van der Waals surface area contributed by atoms with E-state index in [1.54, 1.807) is 13.2 Å². The zero-order valence-corrected chi connectivity index (χ0v) is 21.2. The van der Waals surface area contributed by atoms with Crippen LogP contribution in [0, 0.1) is 11.7 Å². The second kappa shape index (κ2) is 17.4. The molecule has 0 saturated carbocycles. The Morgan fingerprint density at radius 2 is 1.80 bits per heavy atom. The van der Waals surface area contributed by atoms with E-state index in [2.05, 4.69) is 29.2 Å². The lowest BCUT2D eigenvalue weighted by molar-refractivity contribution is -0.116. The van der Waals surface area contributed by atoms with Crippen LogP contribution < -0.4 is 15.4 Å². The molecule has 1 saturated heterocycles. The third-order valence-corrected chi connectivity index (χ3v) is 6.09. The lowest BCUT2D eigenvalue weighted by Gasteiger charge is -2.19. The van der Waals surface area contributed by atoms with Crippen molar-refractivity contribution >= 4 is 5.91 Å². The molecular formula is C26H42FN3O5. The van der Waals surface area contributed by atoms with Gasteiger partial charge in [0, 0.05) is 25.7 Å². The van der Waals surface area contributed by atoms with Crippen molar-refractivity contribution in [1.82, 2.24) is 15.5 Å². The fraction of sp³-hybridized carbons (Fsp3) is 0.654. The maximum absolute atomic E-state index is 14.2. The van der Waals surface area contributed by atoms with Crippen molar-refractivity contribution < 1.29 is 28.1 Å². The third-order valence-electron chi connectivity index (χ3n) is 6.09. The average Bonchev–Trinajstić information content (AvgIpc) is 3.21. The molecule has 1 aliphatic rings. The van der Waals surface area contributed by atoms with Crippen LogP contribution in [0.4, 0.5) is 4.39 Å². The summed E-state index contributed by atoms with van der Waals surface area (Å²) in [6, 6.07) is 5.49. The van der Waals surface area contributed by atoms with E-state index < -0.39 is 0 Å². The number of nitrogens with one attached hydrogen (secondary N) is 2. The summed E-state index contributed by atoms with van der Waals surface area (Å²) in [5, 5.41) is 6.08. The van der Waals surface area contributed by atoms with Gasteiger partial charge in [-0.2, -0.15) is 0 Å².